The fourth-order valence-corrected chi connectivity index (χ4v) is 1.60. The Bertz CT molecular complexity index is 415. The molecule has 3 nitrogen and oxygen atoms in total. The van der Waals surface area contributed by atoms with Gasteiger partial charge in [-0.2, -0.15) is 5.10 Å². The monoisotopic (exact) mass is 260 g/mol. The molecule has 1 aromatic rings. The van der Waals surface area contributed by atoms with E-state index >= 15 is 0 Å². The second-order valence-corrected chi connectivity index (χ2v) is 4.26. The summed E-state index contributed by atoms with van der Waals surface area (Å²) in [6, 6.07) is 0. The predicted octanol–water partition coefficient (Wildman–Crippen LogP) is 3.30. The minimum absolute atomic E-state index is 0.0442. The van der Waals surface area contributed by atoms with Gasteiger partial charge in [0.25, 0.3) is 5.56 Å². The largest absolute Gasteiger partial charge is 0.287 e. The summed E-state index contributed by atoms with van der Waals surface area (Å²) in [5.74, 6) is 0. The molecule has 1 heterocycles. The van der Waals surface area contributed by atoms with E-state index in [1.165, 1.54) is 10.9 Å². The first-order chi connectivity index (χ1) is 7.66. The van der Waals surface area contributed by atoms with E-state index in [4.69, 9.17) is 23.2 Å². The molecule has 0 N–H and O–H groups in total. The molecule has 0 aromatic carbocycles. The van der Waals surface area contributed by atoms with E-state index in [9.17, 15) is 4.79 Å². The van der Waals surface area contributed by atoms with Crippen molar-refractivity contribution in [2.45, 2.75) is 32.2 Å². The number of allylic oxidation sites excluding steroid dienone is 1. The van der Waals surface area contributed by atoms with Crippen LogP contribution in [-0.2, 0) is 6.54 Å². The van der Waals surface area contributed by atoms with Gasteiger partial charge in [-0.05, 0) is 19.3 Å². The fraction of sp³-hybridized carbons (Fsp3) is 0.455. The van der Waals surface area contributed by atoms with Crippen molar-refractivity contribution >= 4 is 23.2 Å². The van der Waals surface area contributed by atoms with Crippen LogP contribution in [0.25, 0.3) is 0 Å². The third-order valence-corrected chi connectivity index (χ3v) is 2.97. The van der Waals surface area contributed by atoms with Crippen LogP contribution in [0.15, 0.2) is 23.6 Å². The van der Waals surface area contributed by atoms with E-state index in [1.54, 1.807) is 0 Å². The number of hydrogen-bond donors (Lipinski definition) is 0. The minimum Gasteiger partial charge on any atom is -0.266 e. The van der Waals surface area contributed by atoms with Crippen LogP contribution in [0, 0.1) is 0 Å². The molecule has 16 heavy (non-hydrogen) atoms. The number of hydrogen-bond acceptors (Lipinski definition) is 2. The number of aromatic nitrogens is 2. The first-order valence-corrected chi connectivity index (χ1v) is 5.94. The second-order valence-electron chi connectivity index (χ2n) is 3.47. The van der Waals surface area contributed by atoms with Gasteiger partial charge in [-0.3, -0.25) is 4.79 Å². The highest BCUT2D eigenvalue weighted by atomic mass is 35.5. The zero-order chi connectivity index (χ0) is 12.0. The van der Waals surface area contributed by atoms with Crippen molar-refractivity contribution in [1.29, 1.82) is 0 Å². The van der Waals surface area contributed by atoms with Crippen molar-refractivity contribution in [2.24, 2.45) is 0 Å². The van der Waals surface area contributed by atoms with E-state index < -0.39 is 0 Å². The molecule has 0 radical (unpaired) electrons. The quantitative estimate of drug-likeness (QED) is 0.581. The Kier molecular flexibility index (Phi) is 5.56. The molecule has 0 amide bonds. The van der Waals surface area contributed by atoms with Gasteiger partial charge in [0, 0.05) is 6.54 Å². The van der Waals surface area contributed by atoms with E-state index in [0.717, 1.165) is 25.7 Å². The first-order valence-electron chi connectivity index (χ1n) is 5.19. The molecule has 1 rings (SSSR count). The molecule has 0 fully saturated rings. The highest BCUT2D eigenvalue weighted by Gasteiger charge is 2.06. The lowest BCUT2D eigenvalue weighted by atomic mass is 10.2. The Morgan fingerprint density at radius 2 is 2.12 bits per heavy atom. The lowest BCUT2D eigenvalue weighted by Gasteiger charge is -2.04. The smallest absolute Gasteiger partial charge is 0.266 e. The summed E-state index contributed by atoms with van der Waals surface area (Å²) in [5.41, 5.74) is -0.321. The van der Waals surface area contributed by atoms with Crippen LogP contribution in [0.2, 0.25) is 10.0 Å². The van der Waals surface area contributed by atoms with Gasteiger partial charge >= 0.3 is 0 Å². The Hall–Kier alpha value is -0.800. The highest BCUT2D eigenvalue weighted by Crippen LogP contribution is 2.14. The lowest BCUT2D eigenvalue weighted by molar-refractivity contribution is 0.523. The summed E-state index contributed by atoms with van der Waals surface area (Å²) in [6.45, 7) is 4.23. The SMILES string of the molecule is C=CCCCCCn1ncc(Cl)c(Cl)c1=O. The zero-order valence-electron chi connectivity index (χ0n) is 8.96. The summed E-state index contributed by atoms with van der Waals surface area (Å²) < 4.78 is 1.35. The van der Waals surface area contributed by atoms with E-state index in [0.29, 0.717) is 6.54 Å². The average Bonchev–Trinajstić information content (AvgIpc) is 2.28. The maximum atomic E-state index is 11.6. The van der Waals surface area contributed by atoms with Crippen LogP contribution in [0.1, 0.15) is 25.7 Å². The maximum absolute atomic E-state index is 11.6. The Morgan fingerprint density at radius 3 is 2.81 bits per heavy atom. The second kappa shape index (κ2) is 6.71. The van der Waals surface area contributed by atoms with Gasteiger partial charge in [0.1, 0.15) is 5.02 Å². The molecular weight excluding hydrogens is 247 g/mol. The average molecular weight is 261 g/mol. The van der Waals surface area contributed by atoms with Crippen molar-refractivity contribution in [3.8, 4) is 0 Å². The summed E-state index contributed by atoms with van der Waals surface area (Å²) in [5, 5.41) is 4.17. The summed E-state index contributed by atoms with van der Waals surface area (Å²) >= 11 is 11.4. The van der Waals surface area contributed by atoms with Crippen molar-refractivity contribution in [3.05, 3.63) is 39.3 Å². The van der Waals surface area contributed by atoms with Gasteiger partial charge < -0.3 is 0 Å². The zero-order valence-corrected chi connectivity index (χ0v) is 10.5. The van der Waals surface area contributed by atoms with Crippen LogP contribution in [-0.4, -0.2) is 9.78 Å². The molecule has 88 valence electrons. The lowest BCUT2D eigenvalue weighted by Crippen LogP contribution is -2.23. The standard InChI is InChI=1S/C11H14Cl2N2O/c1-2-3-4-5-6-7-15-11(16)10(13)9(12)8-14-15/h2,8H,1,3-7H2. The number of aryl methyl sites for hydroxylation is 1. The third kappa shape index (κ3) is 3.65. The number of rotatable bonds is 6. The van der Waals surface area contributed by atoms with Crippen LogP contribution in [0.4, 0.5) is 0 Å². The fourth-order valence-electron chi connectivity index (χ4n) is 1.33. The molecule has 0 saturated heterocycles. The molecule has 0 bridgehead atoms. The Labute approximate surface area is 105 Å². The molecule has 0 aliphatic rings. The molecule has 0 aliphatic heterocycles. The van der Waals surface area contributed by atoms with Crippen LogP contribution >= 0.6 is 23.2 Å². The van der Waals surface area contributed by atoms with Crippen LogP contribution in [0.5, 0.6) is 0 Å². The Balaban J connectivity index is 2.52. The van der Waals surface area contributed by atoms with Gasteiger partial charge in [-0.1, -0.05) is 35.7 Å². The Morgan fingerprint density at radius 1 is 1.38 bits per heavy atom. The van der Waals surface area contributed by atoms with Gasteiger partial charge in [0.2, 0.25) is 0 Å². The summed E-state index contributed by atoms with van der Waals surface area (Å²) in [6.07, 6.45) is 7.32. The molecule has 0 saturated carbocycles. The van der Waals surface area contributed by atoms with Crippen molar-refractivity contribution in [3.63, 3.8) is 0 Å². The highest BCUT2D eigenvalue weighted by molar-refractivity contribution is 6.41. The van der Waals surface area contributed by atoms with Crippen LogP contribution in [0.3, 0.4) is 0 Å². The van der Waals surface area contributed by atoms with E-state index in [1.807, 2.05) is 6.08 Å². The van der Waals surface area contributed by atoms with Crippen molar-refractivity contribution < 1.29 is 0 Å². The van der Waals surface area contributed by atoms with Gasteiger partial charge in [-0.25, -0.2) is 4.68 Å². The van der Waals surface area contributed by atoms with E-state index in [-0.39, 0.29) is 15.6 Å². The molecule has 1 aromatic heterocycles. The molecule has 0 aliphatic carbocycles. The minimum atomic E-state index is -0.321. The summed E-state index contributed by atoms with van der Waals surface area (Å²) in [7, 11) is 0. The molecular formula is C11H14Cl2N2O. The van der Waals surface area contributed by atoms with E-state index in [2.05, 4.69) is 11.7 Å². The number of halogens is 2. The summed E-state index contributed by atoms with van der Waals surface area (Å²) in [4.78, 5) is 11.6. The van der Waals surface area contributed by atoms with Crippen LogP contribution < -0.4 is 5.56 Å². The van der Waals surface area contributed by atoms with Gasteiger partial charge in [-0.15, -0.1) is 6.58 Å². The van der Waals surface area contributed by atoms with Crippen molar-refractivity contribution in [1.82, 2.24) is 9.78 Å². The number of unbranched alkanes of at least 4 members (excludes halogenated alkanes) is 3. The molecule has 0 atom stereocenters. The third-order valence-electron chi connectivity index (χ3n) is 2.22. The maximum Gasteiger partial charge on any atom is 0.287 e. The normalized spacial score (nSPS) is 10.4. The molecule has 0 unspecified atom stereocenters. The van der Waals surface area contributed by atoms with Gasteiger partial charge in [0.15, 0.2) is 0 Å². The molecule has 5 heteroatoms. The molecule has 0 spiro atoms. The predicted molar refractivity (Wildman–Crippen MR) is 67.2 cm³/mol. The number of nitrogens with zero attached hydrogens (tertiary/aromatic N) is 2. The first kappa shape index (κ1) is 13.3. The topological polar surface area (TPSA) is 34.9 Å². The van der Waals surface area contributed by atoms with Crippen molar-refractivity contribution in [2.75, 3.05) is 0 Å². The van der Waals surface area contributed by atoms with Gasteiger partial charge in [0.05, 0.1) is 11.2 Å².